The summed E-state index contributed by atoms with van der Waals surface area (Å²) in [6, 6.07) is 117. The second-order valence-electron chi connectivity index (χ2n) is 23.8. The summed E-state index contributed by atoms with van der Waals surface area (Å²) < 4.78 is 0. The van der Waals surface area contributed by atoms with E-state index in [0.717, 1.165) is 28.2 Å². The lowest BCUT2D eigenvalue weighted by Gasteiger charge is -2.34. The number of hydrogen-bond acceptors (Lipinski definition) is 1. The van der Waals surface area contributed by atoms with Crippen LogP contribution >= 0.6 is 0 Å². The van der Waals surface area contributed by atoms with Gasteiger partial charge in [-0.3, -0.25) is 0 Å². The summed E-state index contributed by atoms with van der Waals surface area (Å²) in [7, 11) is 0. The van der Waals surface area contributed by atoms with Gasteiger partial charge in [-0.1, -0.05) is 281 Å². The molecule has 4 aliphatic rings. The van der Waals surface area contributed by atoms with Crippen molar-refractivity contribution in [2.75, 3.05) is 4.90 Å². The topological polar surface area (TPSA) is 3.24 Å². The number of fused-ring (bicyclic) bond motifs is 16. The van der Waals surface area contributed by atoms with Crippen LogP contribution in [0, 0.1) is 0 Å². The first-order valence-electron chi connectivity index (χ1n) is 29.6. The molecule has 1 spiro atoms. The third-order valence-electron chi connectivity index (χ3n) is 19.4. The minimum Gasteiger partial charge on any atom is -0.310 e. The molecule has 1 heteroatoms. The molecule has 13 aromatic carbocycles. The minimum atomic E-state index is -0.557. The summed E-state index contributed by atoms with van der Waals surface area (Å²) in [5.41, 5.74) is 32.6. The van der Waals surface area contributed by atoms with E-state index in [1.807, 2.05) is 0 Å². The van der Waals surface area contributed by atoms with Crippen LogP contribution in [0.1, 0.15) is 69.5 Å². The van der Waals surface area contributed by atoms with Crippen molar-refractivity contribution in [1.29, 1.82) is 0 Å². The molecule has 0 atom stereocenters. The first kappa shape index (κ1) is 48.4. The van der Waals surface area contributed by atoms with E-state index < -0.39 is 10.8 Å². The maximum absolute atomic E-state index is 2.53. The van der Waals surface area contributed by atoms with Gasteiger partial charge >= 0.3 is 0 Å². The van der Waals surface area contributed by atoms with E-state index in [0.29, 0.717) is 0 Å². The first-order chi connectivity index (χ1) is 41.4. The van der Waals surface area contributed by atoms with Crippen LogP contribution in [0.2, 0.25) is 0 Å². The highest BCUT2D eigenvalue weighted by molar-refractivity contribution is 6.03. The molecule has 0 heterocycles. The molecule has 1 nitrogen and oxygen atoms in total. The molecular weight excluding hydrogens is 1010 g/mol. The number of hydrogen-bond donors (Lipinski definition) is 0. The largest absolute Gasteiger partial charge is 0.310 e. The summed E-state index contributed by atoms with van der Waals surface area (Å²) in [5, 5.41) is 0. The van der Waals surface area contributed by atoms with Gasteiger partial charge in [0, 0.05) is 22.5 Å². The Morgan fingerprint density at radius 3 is 1.12 bits per heavy atom. The SMILES string of the molecule is CC1(C)c2ccccc2-c2ccc(N(c3ccc(-c4ccccc4)cc3)c3cc(-c4cccc5c4-c4ccccc4C5(c4ccccc4)c4ccccc4)cc(-c4cccc5c4-c4ccccc4C54c5ccccc5-c5ccccc54)c3)cc21. The van der Waals surface area contributed by atoms with Gasteiger partial charge in [-0.25, -0.2) is 0 Å². The van der Waals surface area contributed by atoms with E-state index in [-0.39, 0.29) is 5.41 Å². The lowest BCUT2D eigenvalue weighted by molar-refractivity contribution is 0.660. The quantitative estimate of drug-likeness (QED) is 0.147. The average molecular weight is 1070 g/mol. The maximum Gasteiger partial charge on any atom is 0.0725 e. The zero-order chi connectivity index (χ0) is 55.7. The van der Waals surface area contributed by atoms with Crippen LogP contribution in [-0.4, -0.2) is 0 Å². The molecule has 394 valence electrons. The van der Waals surface area contributed by atoms with E-state index in [9.17, 15) is 0 Å². The Morgan fingerprint density at radius 2 is 0.583 bits per heavy atom. The molecule has 0 saturated carbocycles. The molecule has 0 radical (unpaired) electrons. The molecule has 0 bridgehead atoms. The highest BCUT2D eigenvalue weighted by atomic mass is 15.1. The monoisotopic (exact) mass is 1070 g/mol. The van der Waals surface area contributed by atoms with Crippen LogP contribution in [-0.2, 0) is 16.2 Å². The Kier molecular flexibility index (Phi) is 10.6. The first-order valence-corrected chi connectivity index (χ1v) is 29.6. The number of benzene rings is 13. The molecule has 0 N–H and O–H groups in total. The fraction of sp³-hybridized carbons (Fsp3) is 0.0602. The van der Waals surface area contributed by atoms with Gasteiger partial charge in [-0.2, -0.15) is 0 Å². The Labute approximate surface area is 492 Å². The molecule has 84 heavy (non-hydrogen) atoms. The second-order valence-corrected chi connectivity index (χ2v) is 23.8. The molecular formula is C83H57N. The van der Waals surface area contributed by atoms with E-state index in [1.54, 1.807) is 0 Å². The van der Waals surface area contributed by atoms with Crippen molar-refractivity contribution in [3.63, 3.8) is 0 Å². The average Bonchev–Trinajstić information content (AvgIpc) is 1.70. The van der Waals surface area contributed by atoms with E-state index in [1.165, 1.54) is 122 Å². The van der Waals surface area contributed by atoms with Gasteiger partial charge in [-0.05, 0) is 176 Å². The van der Waals surface area contributed by atoms with Crippen LogP contribution in [0.5, 0.6) is 0 Å². The van der Waals surface area contributed by atoms with Gasteiger partial charge in [0.05, 0.1) is 10.8 Å². The molecule has 4 aliphatic carbocycles. The van der Waals surface area contributed by atoms with Crippen molar-refractivity contribution in [1.82, 2.24) is 0 Å². The third-order valence-corrected chi connectivity index (χ3v) is 19.4. The lowest BCUT2D eigenvalue weighted by Crippen LogP contribution is -2.28. The van der Waals surface area contributed by atoms with E-state index in [4.69, 9.17) is 0 Å². The Bertz CT molecular complexity index is 4600. The van der Waals surface area contributed by atoms with Gasteiger partial charge in [0.1, 0.15) is 0 Å². The zero-order valence-corrected chi connectivity index (χ0v) is 46.9. The van der Waals surface area contributed by atoms with Gasteiger partial charge in [0.15, 0.2) is 0 Å². The van der Waals surface area contributed by atoms with Gasteiger partial charge in [0.2, 0.25) is 0 Å². The smallest absolute Gasteiger partial charge is 0.0725 e. The van der Waals surface area contributed by atoms with Crippen molar-refractivity contribution >= 4 is 17.1 Å². The standard InChI is InChI=1S/C83H57N/c1-81(2)71-37-17-12-30-65(71)68-49-48-61(53-78(68)81)84(60-46-44-55(45-47-60)54-24-6-3-7-25-54)62-51-56(63-35-22-42-76-79(63)69-33-15-20-40-74(69)82(76,58-26-8-4-9-27-58)59-28-10-5-11-29-59)50-57(52-62)64-36-23-43-77-80(64)70-34-16-21-41-75(70)83(77)72-38-18-13-31-66(72)67-32-14-19-39-73(67)83/h3-53H,1-2H3. The molecule has 0 unspecified atom stereocenters. The number of nitrogens with zero attached hydrogens (tertiary/aromatic N) is 1. The van der Waals surface area contributed by atoms with Crippen LogP contribution < -0.4 is 4.90 Å². The Balaban J connectivity index is 0.962. The Hall–Kier alpha value is -10.3. The van der Waals surface area contributed by atoms with Crippen LogP contribution in [0.4, 0.5) is 17.1 Å². The molecule has 17 rings (SSSR count). The van der Waals surface area contributed by atoms with Gasteiger partial charge < -0.3 is 4.90 Å². The van der Waals surface area contributed by atoms with Crippen LogP contribution in [0.25, 0.3) is 77.9 Å². The van der Waals surface area contributed by atoms with Crippen molar-refractivity contribution < 1.29 is 0 Å². The van der Waals surface area contributed by atoms with Crippen LogP contribution in [0.15, 0.2) is 309 Å². The number of anilines is 3. The van der Waals surface area contributed by atoms with E-state index in [2.05, 4.69) is 328 Å². The number of rotatable bonds is 8. The molecule has 0 aromatic heterocycles. The molecule has 0 fully saturated rings. The second kappa shape index (κ2) is 18.3. The van der Waals surface area contributed by atoms with Crippen molar-refractivity contribution in [3.05, 3.63) is 365 Å². The third kappa shape index (κ3) is 6.67. The molecule has 0 amide bonds. The maximum atomic E-state index is 2.53. The normalized spacial score (nSPS) is 14.4. The van der Waals surface area contributed by atoms with Crippen LogP contribution in [0.3, 0.4) is 0 Å². The van der Waals surface area contributed by atoms with E-state index >= 15 is 0 Å². The predicted molar refractivity (Wildman–Crippen MR) is 349 cm³/mol. The zero-order valence-electron chi connectivity index (χ0n) is 46.9. The van der Waals surface area contributed by atoms with Crippen molar-refractivity contribution in [3.8, 4) is 77.9 Å². The summed E-state index contributed by atoms with van der Waals surface area (Å²) in [5.74, 6) is 0. The highest BCUT2D eigenvalue weighted by Gasteiger charge is 2.52. The molecule has 13 aromatic rings. The highest BCUT2D eigenvalue weighted by Crippen LogP contribution is 2.65. The summed E-state index contributed by atoms with van der Waals surface area (Å²) in [4.78, 5) is 2.53. The van der Waals surface area contributed by atoms with Crippen molar-refractivity contribution in [2.45, 2.75) is 30.1 Å². The summed E-state index contributed by atoms with van der Waals surface area (Å²) in [6.45, 7) is 4.78. The molecule has 0 saturated heterocycles. The predicted octanol–water partition coefficient (Wildman–Crippen LogP) is 21.2. The van der Waals surface area contributed by atoms with Crippen molar-refractivity contribution in [2.24, 2.45) is 0 Å². The Morgan fingerprint density at radius 1 is 0.214 bits per heavy atom. The summed E-state index contributed by atoms with van der Waals surface area (Å²) in [6.07, 6.45) is 0. The fourth-order valence-electron chi connectivity index (χ4n) is 15.9. The minimum absolute atomic E-state index is 0.203. The molecule has 0 aliphatic heterocycles. The van der Waals surface area contributed by atoms with Gasteiger partial charge in [-0.15, -0.1) is 0 Å². The lowest BCUT2D eigenvalue weighted by atomic mass is 9.67. The fourth-order valence-corrected chi connectivity index (χ4v) is 15.9. The summed E-state index contributed by atoms with van der Waals surface area (Å²) >= 11 is 0. The van der Waals surface area contributed by atoms with Gasteiger partial charge in [0.25, 0.3) is 0 Å².